The number of nitrogens with one attached hydrogen (secondary N) is 1. The first kappa shape index (κ1) is 14.7. The molecular formula is C15H14N2O4. The average Bonchev–Trinajstić information content (AvgIpc) is 2.52. The summed E-state index contributed by atoms with van der Waals surface area (Å²) in [5.74, 6) is 0. The first-order chi connectivity index (χ1) is 10.1. The Morgan fingerprint density at radius 2 is 1.95 bits per heavy atom. The third-order valence-electron chi connectivity index (χ3n) is 3.01. The Kier molecular flexibility index (Phi) is 4.63. The first-order valence-corrected chi connectivity index (χ1v) is 6.30. The summed E-state index contributed by atoms with van der Waals surface area (Å²) in [5, 5.41) is 23.1. The van der Waals surface area contributed by atoms with Crippen molar-refractivity contribution in [2.24, 2.45) is 0 Å². The summed E-state index contributed by atoms with van der Waals surface area (Å²) >= 11 is 0. The van der Waals surface area contributed by atoms with Gasteiger partial charge < -0.3 is 10.4 Å². The molecule has 2 aromatic rings. The zero-order chi connectivity index (χ0) is 15.2. The molecule has 2 aromatic carbocycles. The van der Waals surface area contributed by atoms with E-state index < -0.39 is 4.92 Å². The number of nitro benzene ring substituents is 1. The number of hydrogen-bond donors (Lipinski definition) is 2. The maximum atomic E-state index is 11.0. The van der Waals surface area contributed by atoms with Crippen LogP contribution in [-0.4, -0.2) is 16.3 Å². The molecule has 0 aliphatic heterocycles. The van der Waals surface area contributed by atoms with Crippen molar-refractivity contribution >= 4 is 17.7 Å². The van der Waals surface area contributed by atoms with Crippen molar-refractivity contribution in [3.05, 3.63) is 69.3 Å². The van der Waals surface area contributed by atoms with Crippen LogP contribution in [-0.2, 0) is 13.2 Å². The van der Waals surface area contributed by atoms with Crippen molar-refractivity contribution < 1.29 is 14.8 Å². The van der Waals surface area contributed by atoms with Gasteiger partial charge in [-0.15, -0.1) is 0 Å². The van der Waals surface area contributed by atoms with Crippen molar-refractivity contribution in [2.45, 2.75) is 13.2 Å². The van der Waals surface area contributed by atoms with Gasteiger partial charge in [-0.25, -0.2) is 0 Å². The molecule has 0 heterocycles. The second kappa shape index (κ2) is 6.62. The molecule has 0 saturated carbocycles. The molecule has 0 atom stereocenters. The predicted molar refractivity (Wildman–Crippen MR) is 78.2 cm³/mol. The average molecular weight is 286 g/mol. The quantitative estimate of drug-likeness (QED) is 0.483. The van der Waals surface area contributed by atoms with E-state index >= 15 is 0 Å². The fourth-order valence-corrected chi connectivity index (χ4v) is 1.96. The van der Waals surface area contributed by atoms with Crippen LogP contribution in [0.4, 0.5) is 11.4 Å². The zero-order valence-corrected chi connectivity index (χ0v) is 11.2. The smallest absolute Gasteiger partial charge is 0.293 e. The molecule has 0 amide bonds. The summed E-state index contributed by atoms with van der Waals surface area (Å²) in [6.07, 6.45) is 0.571. The van der Waals surface area contributed by atoms with E-state index in [0.717, 1.165) is 11.1 Å². The molecule has 2 rings (SSSR count). The Labute approximate surface area is 121 Å². The Hall–Kier alpha value is -2.73. The topological polar surface area (TPSA) is 92.5 Å². The number of aliphatic hydroxyl groups excluding tert-OH is 1. The van der Waals surface area contributed by atoms with Gasteiger partial charge >= 0.3 is 0 Å². The lowest BCUT2D eigenvalue weighted by Crippen LogP contribution is -2.03. The number of carbonyl (C=O) groups is 1. The van der Waals surface area contributed by atoms with E-state index in [1.54, 1.807) is 6.07 Å². The number of nitrogens with zero attached hydrogens (tertiary/aromatic N) is 1. The summed E-state index contributed by atoms with van der Waals surface area (Å²) < 4.78 is 0. The van der Waals surface area contributed by atoms with Crippen LogP contribution in [0.25, 0.3) is 0 Å². The van der Waals surface area contributed by atoms with Crippen LogP contribution in [0.2, 0.25) is 0 Å². The molecule has 2 N–H and O–H groups in total. The van der Waals surface area contributed by atoms with Crippen LogP contribution < -0.4 is 5.32 Å². The molecule has 0 aliphatic carbocycles. The minimum absolute atomic E-state index is 0.0536. The number of aliphatic hydroxyl groups is 1. The fraction of sp³-hybridized carbons (Fsp3) is 0.133. The molecule has 0 spiro atoms. The lowest BCUT2D eigenvalue weighted by molar-refractivity contribution is -0.384. The summed E-state index contributed by atoms with van der Waals surface area (Å²) in [7, 11) is 0. The predicted octanol–water partition coefficient (Wildman–Crippen LogP) is 2.51. The van der Waals surface area contributed by atoms with Crippen molar-refractivity contribution in [1.29, 1.82) is 0 Å². The summed E-state index contributed by atoms with van der Waals surface area (Å²) in [6.45, 7) is 0.330. The minimum Gasteiger partial charge on any atom is -0.392 e. The van der Waals surface area contributed by atoms with Crippen LogP contribution in [0, 0.1) is 10.1 Å². The first-order valence-electron chi connectivity index (χ1n) is 6.30. The van der Waals surface area contributed by atoms with Crippen molar-refractivity contribution in [2.75, 3.05) is 5.32 Å². The Morgan fingerprint density at radius 1 is 1.19 bits per heavy atom. The highest BCUT2D eigenvalue weighted by molar-refractivity contribution is 5.79. The highest BCUT2D eigenvalue weighted by Gasteiger charge is 2.14. The third-order valence-corrected chi connectivity index (χ3v) is 3.01. The molecule has 0 aliphatic rings. The van der Waals surface area contributed by atoms with Gasteiger partial charge in [0.25, 0.3) is 5.69 Å². The van der Waals surface area contributed by atoms with E-state index in [0.29, 0.717) is 18.5 Å². The van der Waals surface area contributed by atoms with Crippen LogP contribution in [0.3, 0.4) is 0 Å². The highest BCUT2D eigenvalue weighted by atomic mass is 16.6. The van der Waals surface area contributed by atoms with E-state index in [2.05, 4.69) is 5.32 Å². The molecule has 0 bridgehead atoms. The molecule has 108 valence electrons. The van der Waals surface area contributed by atoms with Gasteiger partial charge in [0.15, 0.2) is 0 Å². The van der Waals surface area contributed by atoms with E-state index in [1.165, 1.54) is 18.2 Å². The Balaban J connectivity index is 2.19. The summed E-state index contributed by atoms with van der Waals surface area (Å²) in [5.41, 5.74) is 2.14. The van der Waals surface area contributed by atoms with Crippen LogP contribution >= 0.6 is 0 Å². The molecular weight excluding hydrogens is 272 g/mol. The standard InChI is InChI=1S/C15H14N2O4/c18-9-12-3-1-2-11(6-12)8-16-14-5-4-13(10-19)7-15(14)17(20)21/h1-7,10,16,18H,8-9H2. The minimum atomic E-state index is -0.528. The second-order valence-electron chi connectivity index (χ2n) is 4.48. The highest BCUT2D eigenvalue weighted by Crippen LogP contribution is 2.25. The molecule has 21 heavy (non-hydrogen) atoms. The molecule has 0 saturated heterocycles. The number of aldehydes is 1. The fourth-order valence-electron chi connectivity index (χ4n) is 1.96. The number of nitro groups is 1. The Morgan fingerprint density at radius 3 is 2.62 bits per heavy atom. The van der Waals surface area contributed by atoms with E-state index in [4.69, 9.17) is 5.11 Å². The van der Waals surface area contributed by atoms with E-state index in [-0.39, 0.29) is 17.9 Å². The van der Waals surface area contributed by atoms with Crippen LogP contribution in [0.15, 0.2) is 42.5 Å². The van der Waals surface area contributed by atoms with Gasteiger partial charge in [0.2, 0.25) is 0 Å². The monoisotopic (exact) mass is 286 g/mol. The zero-order valence-electron chi connectivity index (χ0n) is 11.2. The second-order valence-corrected chi connectivity index (χ2v) is 4.48. The van der Waals surface area contributed by atoms with Crippen molar-refractivity contribution in [3.63, 3.8) is 0 Å². The lowest BCUT2D eigenvalue weighted by atomic mass is 10.1. The lowest BCUT2D eigenvalue weighted by Gasteiger charge is -2.08. The van der Waals surface area contributed by atoms with Crippen molar-refractivity contribution in [1.82, 2.24) is 0 Å². The summed E-state index contributed by atoms with van der Waals surface area (Å²) in [6, 6.07) is 11.6. The molecule has 6 nitrogen and oxygen atoms in total. The largest absolute Gasteiger partial charge is 0.392 e. The molecule has 0 fully saturated rings. The van der Waals surface area contributed by atoms with Gasteiger partial charge in [0, 0.05) is 18.2 Å². The van der Waals surface area contributed by atoms with Crippen molar-refractivity contribution in [3.8, 4) is 0 Å². The van der Waals surface area contributed by atoms with Gasteiger partial charge in [0.05, 0.1) is 11.5 Å². The molecule has 0 unspecified atom stereocenters. The molecule has 6 heteroatoms. The Bertz CT molecular complexity index is 670. The van der Waals surface area contributed by atoms with Crippen LogP contribution in [0.5, 0.6) is 0 Å². The number of rotatable bonds is 6. The number of benzene rings is 2. The normalized spacial score (nSPS) is 10.1. The SMILES string of the molecule is O=Cc1ccc(NCc2cccc(CO)c2)c([N+](=O)[O-])c1. The van der Waals surface area contributed by atoms with Gasteiger partial charge in [-0.1, -0.05) is 24.3 Å². The van der Waals surface area contributed by atoms with Gasteiger partial charge in [-0.3, -0.25) is 14.9 Å². The van der Waals surface area contributed by atoms with Gasteiger partial charge in [0.1, 0.15) is 12.0 Å². The van der Waals surface area contributed by atoms with Gasteiger partial charge in [-0.05, 0) is 23.3 Å². The number of anilines is 1. The number of hydrogen-bond acceptors (Lipinski definition) is 5. The third kappa shape index (κ3) is 3.64. The summed E-state index contributed by atoms with van der Waals surface area (Å²) in [4.78, 5) is 21.2. The maximum Gasteiger partial charge on any atom is 0.293 e. The molecule has 0 radical (unpaired) electrons. The molecule has 0 aromatic heterocycles. The maximum absolute atomic E-state index is 11.0. The van der Waals surface area contributed by atoms with E-state index in [9.17, 15) is 14.9 Å². The number of carbonyl (C=O) groups excluding carboxylic acids is 1. The van der Waals surface area contributed by atoms with E-state index in [1.807, 2.05) is 18.2 Å². The van der Waals surface area contributed by atoms with Crippen LogP contribution in [0.1, 0.15) is 21.5 Å². The van der Waals surface area contributed by atoms with Gasteiger partial charge in [-0.2, -0.15) is 0 Å².